The zero-order chi connectivity index (χ0) is 16.4. The third-order valence-electron chi connectivity index (χ3n) is 9.43. The van der Waals surface area contributed by atoms with E-state index in [1.807, 2.05) is 6.92 Å². The molecule has 4 aliphatic rings. The van der Waals surface area contributed by atoms with E-state index in [-0.39, 0.29) is 0 Å². The molecule has 1 heteroatoms. The first-order valence-electron chi connectivity index (χ1n) is 10.4. The van der Waals surface area contributed by atoms with Gasteiger partial charge < -0.3 is 0 Å². The van der Waals surface area contributed by atoms with Crippen molar-refractivity contribution in [2.24, 2.45) is 46.3 Å². The summed E-state index contributed by atoms with van der Waals surface area (Å²) < 4.78 is 0. The van der Waals surface area contributed by atoms with Gasteiger partial charge >= 0.3 is 0 Å². The van der Waals surface area contributed by atoms with E-state index in [0.29, 0.717) is 22.5 Å². The predicted molar refractivity (Wildman–Crippen MR) is 95.1 cm³/mol. The molecule has 8 atom stereocenters. The molecular formula is C22H36O. The summed E-state index contributed by atoms with van der Waals surface area (Å²) >= 11 is 0. The summed E-state index contributed by atoms with van der Waals surface area (Å²) in [7, 11) is 0. The van der Waals surface area contributed by atoms with E-state index < -0.39 is 0 Å². The average Bonchev–Trinajstić information content (AvgIpc) is 2.85. The van der Waals surface area contributed by atoms with Gasteiger partial charge in [-0.25, -0.2) is 0 Å². The Balaban J connectivity index is 1.67. The van der Waals surface area contributed by atoms with Crippen LogP contribution < -0.4 is 0 Å². The number of carbonyl (C=O) groups is 1. The van der Waals surface area contributed by atoms with Gasteiger partial charge in [0.05, 0.1) is 0 Å². The van der Waals surface area contributed by atoms with Gasteiger partial charge in [-0.2, -0.15) is 0 Å². The summed E-state index contributed by atoms with van der Waals surface area (Å²) in [6.07, 6.45) is 12.6. The number of hydrogen-bond acceptors (Lipinski definition) is 1. The maximum absolute atomic E-state index is 12.2. The lowest BCUT2D eigenvalue weighted by Crippen LogP contribution is -2.55. The minimum absolute atomic E-state index is 0.324. The third kappa shape index (κ3) is 2.13. The van der Waals surface area contributed by atoms with E-state index in [2.05, 4.69) is 20.8 Å². The summed E-state index contributed by atoms with van der Waals surface area (Å²) in [6.45, 7) is 9.54. The number of carbonyl (C=O) groups excluding carboxylic acids is 1. The molecule has 0 aromatic heterocycles. The normalized spacial score (nSPS) is 55.7. The minimum atomic E-state index is 0.324. The number of fused-ring (bicyclic) bond motifs is 5. The molecule has 1 unspecified atom stereocenters. The van der Waals surface area contributed by atoms with E-state index in [1.165, 1.54) is 57.8 Å². The molecule has 1 nitrogen and oxygen atoms in total. The van der Waals surface area contributed by atoms with Crippen molar-refractivity contribution in [3.05, 3.63) is 0 Å². The van der Waals surface area contributed by atoms with Gasteiger partial charge in [0.2, 0.25) is 0 Å². The molecule has 0 spiro atoms. The van der Waals surface area contributed by atoms with Crippen LogP contribution >= 0.6 is 0 Å². The molecule has 0 N–H and O–H groups in total. The summed E-state index contributed by atoms with van der Waals surface area (Å²) in [5, 5.41) is 0. The number of ketones is 1. The van der Waals surface area contributed by atoms with Gasteiger partial charge in [0.1, 0.15) is 5.78 Å². The van der Waals surface area contributed by atoms with Crippen LogP contribution in [0.4, 0.5) is 0 Å². The summed E-state index contributed by atoms with van der Waals surface area (Å²) in [5.74, 6) is 5.41. The molecule has 23 heavy (non-hydrogen) atoms. The maximum atomic E-state index is 12.2. The molecule has 4 rings (SSSR count). The van der Waals surface area contributed by atoms with E-state index in [1.54, 1.807) is 0 Å². The molecule has 0 saturated heterocycles. The third-order valence-corrected chi connectivity index (χ3v) is 9.43. The molecule has 4 aliphatic carbocycles. The lowest BCUT2D eigenvalue weighted by molar-refractivity contribution is -0.141. The first-order chi connectivity index (χ1) is 10.9. The highest BCUT2D eigenvalue weighted by Crippen LogP contribution is 2.68. The maximum Gasteiger partial charge on any atom is 0.133 e. The minimum Gasteiger partial charge on any atom is -0.300 e. The van der Waals surface area contributed by atoms with Gasteiger partial charge in [0.25, 0.3) is 0 Å². The molecule has 4 saturated carbocycles. The van der Waals surface area contributed by atoms with Gasteiger partial charge in [0, 0.05) is 5.92 Å². The van der Waals surface area contributed by atoms with Crippen molar-refractivity contribution in [2.45, 2.75) is 85.5 Å². The first-order valence-corrected chi connectivity index (χ1v) is 10.4. The van der Waals surface area contributed by atoms with E-state index in [0.717, 1.165) is 29.6 Å². The zero-order valence-electron chi connectivity index (χ0n) is 15.7. The second kappa shape index (κ2) is 5.33. The van der Waals surface area contributed by atoms with Crippen LogP contribution in [-0.4, -0.2) is 5.78 Å². The second-order valence-electron chi connectivity index (χ2n) is 10.2. The van der Waals surface area contributed by atoms with Crippen molar-refractivity contribution in [3.63, 3.8) is 0 Å². The predicted octanol–water partition coefficient (Wildman–Crippen LogP) is 5.87. The van der Waals surface area contributed by atoms with Crippen LogP contribution in [0.3, 0.4) is 0 Å². The quantitative estimate of drug-likeness (QED) is 0.591. The van der Waals surface area contributed by atoms with Crippen LogP contribution in [-0.2, 0) is 4.79 Å². The largest absolute Gasteiger partial charge is 0.300 e. The number of Topliss-reactive ketones (excluding diaryl/α,β-unsaturated/α-hetero) is 1. The molecule has 0 aliphatic heterocycles. The number of hydrogen-bond donors (Lipinski definition) is 0. The Morgan fingerprint density at radius 1 is 0.870 bits per heavy atom. The van der Waals surface area contributed by atoms with Gasteiger partial charge in [-0.05, 0) is 92.3 Å². The molecular weight excluding hydrogens is 280 g/mol. The van der Waals surface area contributed by atoms with Crippen molar-refractivity contribution < 1.29 is 4.79 Å². The molecule has 0 heterocycles. The van der Waals surface area contributed by atoms with Crippen LogP contribution in [0.5, 0.6) is 0 Å². The monoisotopic (exact) mass is 316 g/mol. The Kier molecular flexibility index (Phi) is 3.75. The summed E-state index contributed by atoms with van der Waals surface area (Å²) in [6, 6.07) is 0. The molecule has 130 valence electrons. The van der Waals surface area contributed by atoms with Crippen molar-refractivity contribution in [1.29, 1.82) is 0 Å². The highest BCUT2D eigenvalue weighted by molar-refractivity contribution is 5.79. The number of rotatable bonds is 1. The van der Waals surface area contributed by atoms with E-state index >= 15 is 0 Å². The van der Waals surface area contributed by atoms with E-state index in [4.69, 9.17) is 0 Å². The van der Waals surface area contributed by atoms with E-state index in [9.17, 15) is 4.79 Å². The lowest BCUT2D eigenvalue weighted by Gasteiger charge is -2.62. The molecule has 0 radical (unpaired) electrons. The van der Waals surface area contributed by atoms with Gasteiger partial charge in [-0.1, -0.05) is 33.6 Å². The van der Waals surface area contributed by atoms with Gasteiger partial charge in [-0.3, -0.25) is 4.79 Å². The molecule has 0 amide bonds. The summed E-state index contributed by atoms with van der Waals surface area (Å²) in [5.41, 5.74) is 0.931. The Labute approximate surface area is 143 Å². The Hall–Kier alpha value is -0.330. The van der Waals surface area contributed by atoms with Crippen molar-refractivity contribution >= 4 is 5.78 Å². The lowest BCUT2D eigenvalue weighted by atomic mass is 9.43. The van der Waals surface area contributed by atoms with Crippen LogP contribution in [0, 0.1) is 46.3 Å². The van der Waals surface area contributed by atoms with Crippen molar-refractivity contribution in [3.8, 4) is 0 Å². The van der Waals surface area contributed by atoms with Crippen LogP contribution in [0.1, 0.15) is 85.5 Å². The zero-order valence-corrected chi connectivity index (χ0v) is 15.7. The van der Waals surface area contributed by atoms with Gasteiger partial charge in [0.15, 0.2) is 0 Å². The second-order valence-corrected chi connectivity index (χ2v) is 10.2. The fourth-order valence-corrected chi connectivity index (χ4v) is 8.48. The summed E-state index contributed by atoms with van der Waals surface area (Å²) in [4.78, 5) is 12.2. The first kappa shape index (κ1) is 16.2. The van der Waals surface area contributed by atoms with Gasteiger partial charge in [-0.15, -0.1) is 0 Å². The Morgan fingerprint density at radius 3 is 2.35 bits per heavy atom. The molecule has 4 fully saturated rings. The average molecular weight is 317 g/mol. The van der Waals surface area contributed by atoms with Crippen LogP contribution in [0.15, 0.2) is 0 Å². The topological polar surface area (TPSA) is 17.1 Å². The SMILES string of the molecule is CC(=O)[C@@H]1CC[C@H]2[C@@H]3C[C@H](C)C4CCCC[C@]4(C)[C@H]3CC[C@]12C. The molecule has 0 aromatic rings. The smallest absolute Gasteiger partial charge is 0.133 e. The fraction of sp³-hybridized carbons (Fsp3) is 0.955. The van der Waals surface area contributed by atoms with Crippen molar-refractivity contribution in [2.75, 3.05) is 0 Å². The highest BCUT2D eigenvalue weighted by Gasteiger charge is 2.61. The Morgan fingerprint density at radius 2 is 1.61 bits per heavy atom. The standard InChI is InChI=1S/C22H36O/c1-14-13-16-19-9-8-18(15(2)23)22(19,4)12-10-20(16)21(3)11-6-5-7-17(14)21/h14,16-20H,5-13H2,1-4H3/t14-,16-,17?,18-,19-,20-,21-,22+/m0/s1. The van der Waals surface area contributed by atoms with Crippen LogP contribution in [0.25, 0.3) is 0 Å². The molecule has 0 aromatic carbocycles. The van der Waals surface area contributed by atoms with Crippen molar-refractivity contribution in [1.82, 2.24) is 0 Å². The highest BCUT2D eigenvalue weighted by atomic mass is 16.1. The molecule has 0 bridgehead atoms. The fourth-order valence-electron chi connectivity index (χ4n) is 8.48. The Bertz CT molecular complexity index is 496. The van der Waals surface area contributed by atoms with Crippen LogP contribution in [0.2, 0.25) is 0 Å².